The molecule has 0 radical (unpaired) electrons. The first-order valence-corrected chi connectivity index (χ1v) is 6.36. The van der Waals surface area contributed by atoms with Gasteiger partial charge in [-0.15, -0.1) is 0 Å². The summed E-state index contributed by atoms with van der Waals surface area (Å²) in [5.74, 6) is 0.882. The summed E-state index contributed by atoms with van der Waals surface area (Å²) in [5, 5.41) is 10.6. The van der Waals surface area contributed by atoms with Gasteiger partial charge in [-0.2, -0.15) is 0 Å². The van der Waals surface area contributed by atoms with Gasteiger partial charge in [0, 0.05) is 0 Å². The zero-order valence-corrected chi connectivity index (χ0v) is 13.7. The van der Waals surface area contributed by atoms with E-state index in [1.54, 1.807) is 0 Å². The van der Waals surface area contributed by atoms with Crippen LogP contribution in [0.3, 0.4) is 0 Å². The van der Waals surface area contributed by atoms with E-state index < -0.39 is 6.10 Å². The van der Waals surface area contributed by atoms with Gasteiger partial charge in [0.1, 0.15) is 0 Å². The Morgan fingerprint density at radius 1 is 1.00 bits per heavy atom. The number of nitrogens with zero attached hydrogens (tertiary/aromatic N) is 2. The molecule has 1 unspecified atom stereocenters. The average molecular weight is 380 g/mol. The van der Waals surface area contributed by atoms with Crippen LogP contribution in [0.25, 0.3) is 11.0 Å². The number of aromatic nitrogens is 2. The van der Waals surface area contributed by atoms with Crippen molar-refractivity contribution in [2.75, 3.05) is 0 Å². The minimum Gasteiger partial charge on any atom is -1.00 e. The van der Waals surface area contributed by atoms with E-state index in [1.165, 1.54) is 0 Å². The van der Waals surface area contributed by atoms with Crippen LogP contribution in [0.1, 0.15) is 17.5 Å². The zero-order valence-electron chi connectivity index (χ0n) is 11.5. The highest BCUT2D eigenvalue weighted by Gasteiger charge is 2.27. The topological polar surface area (TPSA) is 29.0 Å². The molecular formula is C16H17IN2O. The fourth-order valence-electron chi connectivity index (χ4n) is 2.65. The van der Waals surface area contributed by atoms with Crippen LogP contribution in [-0.4, -0.2) is 9.67 Å². The van der Waals surface area contributed by atoms with E-state index >= 15 is 0 Å². The lowest BCUT2D eigenvalue weighted by Gasteiger charge is -2.08. The summed E-state index contributed by atoms with van der Waals surface area (Å²) in [6, 6.07) is 17.9. The molecule has 0 fully saturated rings. The standard InChI is InChI=1S/C16H17N2O.HI/c1-17-13-10-6-7-11-14(13)18(2)16(17)15(19)12-8-4-3-5-9-12;/h3-11,15,19H,1-2H3;1H/q+1;/p-1. The number of hydrogen-bond donors (Lipinski definition) is 1. The number of imidazole rings is 1. The minimum atomic E-state index is -0.622. The molecule has 0 saturated carbocycles. The molecule has 0 bridgehead atoms. The molecule has 0 aliphatic carbocycles. The maximum absolute atomic E-state index is 10.6. The van der Waals surface area contributed by atoms with E-state index in [-0.39, 0.29) is 24.0 Å². The monoisotopic (exact) mass is 380 g/mol. The molecule has 4 heteroatoms. The maximum atomic E-state index is 10.6. The quantitative estimate of drug-likeness (QED) is 0.453. The van der Waals surface area contributed by atoms with Crippen molar-refractivity contribution in [3.63, 3.8) is 0 Å². The average Bonchev–Trinajstić information content (AvgIpc) is 2.72. The summed E-state index contributed by atoms with van der Waals surface area (Å²) in [7, 11) is 3.98. The van der Waals surface area contributed by atoms with Gasteiger partial charge in [-0.3, -0.25) is 0 Å². The van der Waals surface area contributed by atoms with Gasteiger partial charge in [-0.25, -0.2) is 9.13 Å². The van der Waals surface area contributed by atoms with Crippen LogP contribution >= 0.6 is 0 Å². The predicted octanol–water partition coefficient (Wildman–Crippen LogP) is -0.911. The predicted molar refractivity (Wildman–Crippen MR) is 74.6 cm³/mol. The molecular weight excluding hydrogens is 363 g/mol. The lowest BCUT2D eigenvalue weighted by molar-refractivity contribution is -0.657. The second kappa shape index (κ2) is 5.93. The lowest BCUT2D eigenvalue weighted by atomic mass is 10.1. The number of hydrogen-bond acceptors (Lipinski definition) is 1. The van der Waals surface area contributed by atoms with Gasteiger partial charge in [-0.05, 0) is 17.7 Å². The molecule has 3 aromatic rings. The highest BCUT2D eigenvalue weighted by Crippen LogP contribution is 2.22. The molecule has 0 aliphatic heterocycles. The summed E-state index contributed by atoms with van der Waals surface area (Å²) in [5.41, 5.74) is 3.15. The van der Waals surface area contributed by atoms with Crippen LogP contribution < -0.4 is 28.5 Å². The number of aliphatic hydroxyl groups excluding tert-OH is 1. The van der Waals surface area contributed by atoms with E-state index in [0.29, 0.717) is 0 Å². The van der Waals surface area contributed by atoms with E-state index in [1.807, 2.05) is 65.7 Å². The molecule has 1 aromatic heterocycles. The van der Waals surface area contributed by atoms with Crippen molar-refractivity contribution < 1.29 is 33.7 Å². The summed E-state index contributed by atoms with van der Waals surface area (Å²) in [6.07, 6.45) is -0.622. The first-order valence-electron chi connectivity index (χ1n) is 6.36. The van der Waals surface area contributed by atoms with Crippen molar-refractivity contribution in [3.8, 4) is 0 Å². The second-order valence-electron chi connectivity index (χ2n) is 4.78. The van der Waals surface area contributed by atoms with Gasteiger partial charge in [0.2, 0.25) is 0 Å². The Balaban J connectivity index is 0.00000147. The minimum absolute atomic E-state index is 0. The SMILES string of the molecule is Cn1c(C(O)c2ccccc2)[n+](C)c2ccccc21.[I-]. The van der Waals surface area contributed by atoms with Crippen molar-refractivity contribution in [1.29, 1.82) is 0 Å². The van der Waals surface area contributed by atoms with E-state index in [0.717, 1.165) is 22.4 Å². The van der Waals surface area contributed by atoms with Crippen molar-refractivity contribution in [3.05, 3.63) is 66.0 Å². The van der Waals surface area contributed by atoms with Crippen molar-refractivity contribution in [2.45, 2.75) is 6.10 Å². The fraction of sp³-hybridized carbons (Fsp3) is 0.188. The number of halogens is 1. The third-order valence-electron chi connectivity index (χ3n) is 3.65. The molecule has 1 atom stereocenters. The van der Waals surface area contributed by atoms with Crippen LogP contribution in [-0.2, 0) is 14.1 Å². The van der Waals surface area contributed by atoms with Gasteiger partial charge in [-0.1, -0.05) is 42.5 Å². The second-order valence-corrected chi connectivity index (χ2v) is 4.78. The summed E-state index contributed by atoms with van der Waals surface area (Å²) >= 11 is 0. The van der Waals surface area contributed by atoms with Gasteiger partial charge in [0.05, 0.1) is 14.1 Å². The Bertz CT molecular complexity index is 683. The third kappa shape index (κ3) is 2.33. The van der Waals surface area contributed by atoms with Crippen LogP contribution in [0.15, 0.2) is 54.6 Å². The van der Waals surface area contributed by atoms with E-state index in [2.05, 4.69) is 12.1 Å². The highest BCUT2D eigenvalue weighted by molar-refractivity contribution is 5.72. The number of fused-ring (bicyclic) bond motifs is 1. The van der Waals surface area contributed by atoms with Gasteiger partial charge < -0.3 is 29.1 Å². The Labute approximate surface area is 135 Å². The van der Waals surface area contributed by atoms with Crippen LogP contribution in [0.5, 0.6) is 0 Å². The van der Waals surface area contributed by atoms with Crippen LogP contribution in [0.4, 0.5) is 0 Å². The molecule has 2 aromatic carbocycles. The van der Waals surface area contributed by atoms with Crippen molar-refractivity contribution in [1.82, 2.24) is 4.57 Å². The number of aryl methyl sites for hydroxylation is 2. The summed E-state index contributed by atoms with van der Waals surface area (Å²) in [4.78, 5) is 0. The normalized spacial score (nSPS) is 12.2. The molecule has 0 aliphatic rings. The molecule has 1 N–H and O–H groups in total. The molecule has 3 rings (SSSR count). The van der Waals surface area contributed by atoms with E-state index in [4.69, 9.17) is 0 Å². The first kappa shape index (κ1) is 15.0. The van der Waals surface area contributed by atoms with Crippen LogP contribution in [0, 0.1) is 0 Å². The number of aliphatic hydroxyl groups is 1. The molecule has 104 valence electrons. The summed E-state index contributed by atoms with van der Waals surface area (Å²) in [6.45, 7) is 0. The van der Waals surface area contributed by atoms with Gasteiger partial charge >= 0.3 is 0 Å². The Morgan fingerprint density at radius 3 is 2.25 bits per heavy atom. The van der Waals surface area contributed by atoms with Gasteiger partial charge in [0.25, 0.3) is 5.82 Å². The fourth-order valence-corrected chi connectivity index (χ4v) is 2.65. The summed E-state index contributed by atoms with van der Waals surface area (Å²) < 4.78 is 4.10. The van der Waals surface area contributed by atoms with Crippen molar-refractivity contribution in [2.24, 2.45) is 14.1 Å². The maximum Gasteiger partial charge on any atom is 0.291 e. The van der Waals surface area contributed by atoms with Gasteiger partial charge in [0.15, 0.2) is 17.1 Å². The first-order chi connectivity index (χ1) is 9.20. The Hall–Kier alpha value is -1.40. The highest BCUT2D eigenvalue weighted by atomic mass is 127. The molecule has 0 amide bonds. The molecule has 0 saturated heterocycles. The Kier molecular flexibility index (Phi) is 4.45. The number of benzene rings is 2. The van der Waals surface area contributed by atoms with E-state index in [9.17, 15) is 5.11 Å². The molecule has 3 nitrogen and oxygen atoms in total. The smallest absolute Gasteiger partial charge is 0.291 e. The lowest BCUT2D eigenvalue weighted by Crippen LogP contribution is -3.00. The third-order valence-corrected chi connectivity index (χ3v) is 3.65. The molecule has 0 spiro atoms. The number of rotatable bonds is 2. The largest absolute Gasteiger partial charge is 1.00 e. The van der Waals surface area contributed by atoms with Crippen molar-refractivity contribution >= 4 is 11.0 Å². The Morgan fingerprint density at radius 2 is 1.60 bits per heavy atom. The molecule has 1 heterocycles. The molecule has 20 heavy (non-hydrogen) atoms. The zero-order chi connectivity index (χ0) is 13.4. The van der Waals surface area contributed by atoms with Crippen LogP contribution in [0.2, 0.25) is 0 Å². The number of para-hydroxylation sites is 2.